The lowest BCUT2D eigenvalue weighted by Crippen LogP contribution is -2.47. The normalized spacial score (nSPS) is 19.8. The predicted octanol–water partition coefficient (Wildman–Crippen LogP) is 2.14. The summed E-state index contributed by atoms with van der Waals surface area (Å²) in [5.41, 5.74) is 1.26. The molecule has 31 heavy (non-hydrogen) atoms. The summed E-state index contributed by atoms with van der Waals surface area (Å²) < 4.78 is 7.23. The highest BCUT2D eigenvalue weighted by atomic mass is 16.5. The molecule has 1 saturated heterocycles. The van der Waals surface area contributed by atoms with E-state index in [1.54, 1.807) is 7.11 Å². The van der Waals surface area contributed by atoms with E-state index in [-0.39, 0.29) is 0 Å². The van der Waals surface area contributed by atoms with E-state index in [9.17, 15) is 0 Å². The van der Waals surface area contributed by atoms with E-state index in [0.717, 1.165) is 49.4 Å². The highest BCUT2D eigenvalue weighted by molar-refractivity contribution is 5.80. The maximum Gasteiger partial charge on any atom is 0.191 e. The quantitative estimate of drug-likeness (QED) is 0.496. The van der Waals surface area contributed by atoms with Crippen molar-refractivity contribution in [2.75, 3.05) is 26.7 Å². The molecule has 2 atom stereocenters. The largest absolute Gasteiger partial charge is 0.497 e. The van der Waals surface area contributed by atoms with E-state index in [2.05, 4.69) is 58.6 Å². The first kappa shape index (κ1) is 23.1. The number of ether oxygens (including phenoxy) is 1. The average molecular weight is 428 g/mol. The van der Waals surface area contributed by atoms with Crippen molar-refractivity contribution in [3.05, 3.63) is 41.5 Å². The number of hydrogen-bond acceptors (Lipinski definition) is 5. The van der Waals surface area contributed by atoms with Gasteiger partial charge in [0.25, 0.3) is 0 Å². The molecule has 1 fully saturated rings. The Bertz CT molecular complexity index is 859. The van der Waals surface area contributed by atoms with Gasteiger partial charge in [-0.25, -0.2) is 4.99 Å². The summed E-state index contributed by atoms with van der Waals surface area (Å²) in [4.78, 5) is 7.34. The van der Waals surface area contributed by atoms with Gasteiger partial charge in [0.05, 0.1) is 7.11 Å². The van der Waals surface area contributed by atoms with Crippen LogP contribution in [0.1, 0.15) is 38.0 Å². The minimum atomic E-state index is 0.371. The maximum atomic E-state index is 5.25. The Labute approximate surface area is 186 Å². The molecule has 0 bridgehead atoms. The molecule has 2 heterocycles. The Morgan fingerprint density at radius 2 is 1.97 bits per heavy atom. The molecule has 8 heteroatoms. The number of aryl methyl sites for hydroxylation is 1. The minimum absolute atomic E-state index is 0.371. The van der Waals surface area contributed by atoms with E-state index in [1.165, 1.54) is 5.56 Å². The van der Waals surface area contributed by atoms with Gasteiger partial charge in [0.1, 0.15) is 18.1 Å². The number of nitrogens with zero attached hydrogens (tertiary/aromatic N) is 5. The molecule has 0 radical (unpaired) electrons. The number of benzene rings is 1. The fourth-order valence-electron chi connectivity index (χ4n) is 3.80. The van der Waals surface area contributed by atoms with Crippen LogP contribution < -0.4 is 15.4 Å². The van der Waals surface area contributed by atoms with E-state index in [4.69, 9.17) is 9.73 Å². The van der Waals surface area contributed by atoms with Gasteiger partial charge < -0.3 is 19.9 Å². The van der Waals surface area contributed by atoms with E-state index < -0.39 is 0 Å². The summed E-state index contributed by atoms with van der Waals surface area (Å²) in [6.45, 7) is 12.2. The number of methoxy groups -OCH3 is 1. The highest BCUT2D eigenvalue weighted by Gasteiger charge is 2.31. The van der Waals surface area contributed by atoms with Crippen LogP contribution in [0, 0.1) is 12.8 Å². The first-order chi connectivity index (χ1) is 14.9. The van der Waals surface area contributed by atoms with Crippen molar-refractivity contribution < 1.29 is 4.74 Å². The van der Waals surface area contributed by atoms with Gasteiger partial charge in [0, 0.05) is 38.8 Å². The molecule has 2 aromatic rings. The Hall–Kier alpha value is -2.61. The first-order valence-electron chi connectivity index (χ1n) is 11.1. The summed E-state index contributed by atoms with van der Waals surface area (Å²) >= 11 is 0. The van der Waals surface area contributed by atoms with Gasteiger partial charge in [-0.3, -0.25) is 4.90 Å². The summed E-state index contributed by atoms with van der Waals surface area (Å²) in [5, 5.41) is 15.6. The molecule has 0 amide bonds. The van der Waals surface area contributed by atoms with Crippen LogP contribution in [-0.4, -0.2) is 64.5 Å². The summed E-state index contributed by atoms with van der Waals surface area (Å²) in [6.07, 6.45) is 0.909. The van der Waals surface area contributed by atoms with Gasteiger partial charge in [-0.2, -0.15) is 0 Å². The molecule has 1 aliphatic heterocycles. The van der Waals surface area contributed by atoms with Crippen molar-refractivity contribution in [3.63, 3.8) is 0 Å². The number of nitrogens with one attached hydrogen (secondary N) is 2. The van der Waals surface area contributed by atoms with Gasteiger partial charge in [-0.15, -0.1) is 10.2 Å². The van der Waals surface area contributed by atoms with Crippen molar-refractivity contribution in [3.8, 4) is 5.75 Å². The number of guanidine groups is 1. The zero-order valence-electron chi connectivity index (χ0n) is 19.7. The third-order valence-electron chi connectivity index (χ3n) is 6.12. The number of rotatable bonds is 8. The van der Waals surface area contributed by atoms with Crippen molar-refractivity contribution in [2.24, 2.45) is 18.0 Å². The van der Waals surface area contributed by atoms with Gasteiger partial charge in [0.2, 0.25) is 0 Å². The fraction of sp³-hybridized carbons (Fsp3) is 0.609. The number of aromatic nitrogens is 3. The Balaban J connectivity index is 1.64. The monoisotopic (exact) mass is 427 g/mol. The van der Waals surface area contributed by atoms with Gasteiger partial charge in [-0.05, 0) is 50.8 Å². The van der Waals surface area contributed by atoms with Crippen LogP contribution in [0.25, 0.3) is 0 Å². The standard InChI is InChI=1S/C23H37N7O/c1-16(2)30-14-17(3)21(15-30)26-23(25-13-22-28-27-18(4)29(22)5)24-12-11-19-7-9-20(31-6)10-8-19/h7-10,16-17,21H,11-15H2,1-6H3,(H2,24,25,26). The Morgan fingerprint density at radius 1 is 1.23 bits per heavy atom. The van der Waals surface area contributed by atoms with Crippen LogP contribution >= 0.6 is 0 Å². The molecule has 0 spiro atoms. The molecular weight excluding hydrogens is 390 g/mol. The van der Waals surface area contributed by atoms with Crippen molar-refractivity contribution >= 4 is 5.96 Å². The van der Waals surface area contributed by atoms with Gasteiger partial charge >= 0.3 is 0 Å². The molecule has 170 valence electrons. The molecule has 0 aliphatic carbocycles. The van der Waals surface area contributed by atoms with E-state index in [0.29, 0.717) is 24.5 Å². The van der Waals surface area contributed by atoms with Crippen molar-refractivity contribution in [1.29, 1.82) is 0 Å². The van der Waals surface area contributed by atoms with Crippen molar-refractivity contribution in [2.45, 2.75) is 52.7 Å². The molecule has 3 rings (SSSR count). The molecule has 1 aliphatic rings. The summed E-state index contributed by atoms with van der Waals surface area (Å²) in [5.74, 6) is 4.02. The SMILES string of the molecule is COc1ccc(CCNC(=NCc2nnc(C)n2C)NC2CN(C(C)C)CC2C)cc1. The first-order valence-corrected chi connectivity index (χ1v) is 11.1. The number of aliphatic imine (C=N–C) groups is 1. The number of likely N-dealkylation sites (tertiary alicyclic amines) is 1. The lowest BCUT2D eigenvalue weighted by atomic mass is 10.1. The second-order valence-corrected chi connectivity index (χ2v) is 8.69. The highest BCUT2D eigenvalue weighted by Crippen LogP contribution is 2.18. The van der Waals surface area contributed by atoms with Crippen LogP contribution in [0.5, 0.6) is 5.75 Å². The summed E-state index contributed by atoms with van der Waals surface area (Å²) in [7, 11) is 3.66. The number of hydrogen-bond donors (Lipinski definition) is 2. The summed E-state index contributed by atoms with van der Waals surface area (Å²) in [6, 6.07) is 9.13. The average Bonchev–Trinajstić information content (AvgIpc) is 3.29. The Morgan fingerprint density at radius 3 is 2.55 bits per heavy atom. The van der Waals surface area contributed by atoms with Crippen LogP contribution in [0.2, 0.25) is 0 Å². The van der Waals surface area contributed by atoms with E-state index in [1.807, 2.05) is 30.7 Å². The lowest BCUT2D eigenvalue weighted by molar-refractivity contribution is 0.265. The minimum Gasteiger partial charge on any atom is -0.497 e. The van der Waals surface area contributed by atoms with Crippen molar-refractivity contribution in [1.82, 2.24) is 30.3 Å². The zero-order chi connectivity index (χ0) is 22.4. The van der Waals surface area contributed by atoms with Crippen LogP contribution in [0.3, 0.4) is 0 Å². The third kappa shape index (κ3) is 6.19. The maximum absolute atomic E-state index is 5.25. The Kier molecular flexibility index (Phi) is 7.90. The molecule has 2 N–H and O–H groups in total. The second kappa shape index (κ2) is 10.6. The molecule has 2 unspecified atom stereocenters. The fourth-order valence-corrected chi connectivity index (χ4v) is 3.80. The molecule has 1 aromatic carbocycles. The van der Waals surface area contributed by atoms with Gasteiger partial charge in [0.15, 0.2) is 11.8 Å². The topological polar surface area (TPSA) is 79.6 Å². The molecule has 8 nitrogen and oxygen atoms in total. The molecular formula is C23H37N7O. The van der Waals surface area contributed by atoms with Gasteiger partial charge in [-0.1, -0.05) is 19.1 Å². The zero-order valence-corrected chi connectivity index (χ0v) is 19.7. The van der Waals surface area contributed by atoms with Crippen LogP contribution in [-0.2, 0) is 20.0 Å². The smallest absolute Gasteiger partial charge is 0.191 e. The molecule has 1 aromatic heterocycles. The van der Waals surface area contributed by atoms with Crippen LogP contribution in [0.4, 0.5) is 0 Å². The predicted molar refractivity (Wildman–Crippen MR) is 124 cm³/mol. The van der Waals surface area contributed by atoms with E-state index >= 15 is 0 Å². The third-order valence-corrected chi connectivity index (χ3v) is 6.12. The van der Waals surface area contributed by atoms with Crippen LogP contribution in [0.15, 0.2) is 29.3 Å². The lowest BCUT2D eigenvalue weighted by Gasteiger charge is -2.22. The molecule has 0 saturated carbocycles. The second-order valence-electron chi connectivity index (χ2n) is 8.69.